The van der Waals surface area contributed by atoms with Gasteiger partial charge in [-0.25, -0.2) is 0 Å². The van der Waals surface area contributed by atoms with E-state index in [1.54, 1.807) is 18.9 Å². The lowest BCUT2D eigenvalue weighted by Gasteiger charge is -2.22. The highest BCUT2D eigenvalue weighted by molar-refractivity contribution is 6.07. The van der Waals surface area contributed by atoms with Gasteiger partial charge in [-0.3, -0.25) is 4.79 Å². The van der Waals surface area contributed by atoms with Gasteiger partial charge in [-0.2, -0.15) is 0 Å². The van der Waals surface area contributed by atoms with E-state index in [0.29, 0.717) is 30.3 Å². The Kier molecular flexibility index (Phi) is 4.03. The van der Waals surface area contributed by atoms with E-state index in [1.165, 1.54) is 0 Å². The molecule has 1 aliphatic heterocycles. The fourth-order valence-corrected chi connectivity index (χ4v) is 3.69. The lowest BCUT2D eigenvalue weighted by molar-refractivity contribution is 0.0675. The number of amides is 1. The zero-order chi connectivity index (χ0) is 18.4. The van der Waals surface area contributed by atoms with Crippen LogP contribution in [0.1, 0.15) is 45.9 Å². The van der Waals surface area contributed by atoms with Crippen LogP contribution in [0.2, 0.25) is 0 Å². The van der Waals surface area contributed by atoms with Gasteiger partial charge in [0.1, 0.15) is 6.04 Å². The summed E-state index contributed by atoms with van der Waals surface area (Å²) in [5.41, 5.74) is 3.75. The number of aryl methyl sites for hydroxylation is 3. The third kappa shape index (κ3) is 2.59. The lowest BCUT2D eigenvalue weighted by Crippen LogP contribution is -2.32. The largest absolute Gasteiger partial charge is 0.423 e. The van der Waals surface area contributed by atoms with Gasteiger partial charge in [0, 0.05) is 38.1 Å². The van der Waals surface area contributed by atoms with Crippen molar-refractivity contribution in [1.29, 1.82) is 0 Å². The summed E-state index contributed by atoms with van der Waals surface area (Å²) in [6.45, 7) is 6.32. The van der Waals surface area contributed by atoms with Crippen LogP contribution in [0.3, 0.4) is 0 Å². The minimum Gasteiger partial charge on any atom is -0.423 e. The van der Waals surface area contributed by atoms with E-state index in [-0.39, 0.29) is 18.1 Å². The molecule has 3 aromatic rings. The average Bonchev–Trinajstić information content (AvgIpc) is 3.32. The molecule has 0 radical (unpaired) electrons. The first kappa shape index (κ1) is 16.8. The minimum atomic E-state index is -0.277. The molecular weight excluding hydrogens is 332 g/mol. The molecule has 2 aromatic heterocycles. The Balaban J connectivity index is 1.75. The second-order valence-corrected chi connectivity index (χ2v) is 6.83. The number of aromatic amines is 1. The number of para-hydroxylation sites is 1. The topological polar surface area (TPSA) is 84.2 Å². The van der Waals surface area contributed by atoms with Gasteiger partial charge in [-0.05, 0) is 25.5 Å². The highest BCUT2D eigenvalue weighted by atomic mass is 16.5. The summed E-state index contributed by atoms with van der Waals surface area (Å²) in [4.78, 5) is 18.5. The molecule has 2 atom stereocenters. The van der Waals surface area contributed by atoms with E-state index in [4.69, 9.17) is 9.15 Å². The number of carbonyl (C=O) groups is 1. The number of hydrogen-bond acceptors (Lipinski definition) is 5. The highest BCUT2D eigenvalue weighted by Gasteiger charge is 2.40. The van der Waals surface area contributed by atoms with Crippen molar-refractivity contribution in [3.63, 3.8) is 0 Å². The summed E-state index contributed by atoms with van der Waals surface area (Å²) in [6, 6.07) is 5.54. The van der Waals surface area contributed by atoms with Crippen molar-refractivity contribution in [3.8, 4) is 0 Å². The molecule has 0 bridgehead atoms. The predicted octanol–water partition coefficient (Wildman–Crippen LogP) is 3.08. The van der Waals surface area contributed by atoms with Crippen molar-refractivity contribution in [1.82, 2.24) is 20.1 Å². The second-order valence-electron chi connectivity index (χ2n) is 6.83. The second kappa shape index (κ2) is 6.25. The number of aromatic nitrogens is 3. The third-order valence-corrected chi connectivity index (χ3v) is 5.26. The number of ether oxygens (including phenoxy) is 1. The molecule has 0 saturated carbocycles. The lowest BCUT2D eigenvalue weighted by atomic mass is 10.1. The van der Waals surface area contributed by atoms with Crippen LogP contribution in [0.5, 0.6) is 0 Å². The minimum absolute atomic E-state index is 0.0533. The Morgan fingerprint density at radius 1 is 1.31 bits per heavy atom. The van der Waals surface area contributed by atoms with Crippen molar-refractivity contribution in [2.24, 2.45) is 0 Å². The normalized spacial score (nSPS) is 20.2. The van der Waals surface area contributed by atoms with Gasteiger partial charge >= 0.3 is 0 Å². The van der Waals surface area contributed by atoms with Crippen LogP contribution >= 0.6 is 0 Å². The maximum absolute atomic E-state index is 13.4. The number of hydrogen-bond donors (Lipinski definition) is 1. The smallest absolute Gasteiger partial charge is 0.256 e. The molecular formula is C19H22N4O3. The van der Waals surface area contributed by atoms with Crippen LogP contribution in [-0.4, -0.2) is 45.7 Å². The van der Waals surface area contributed by atoms with Crippen LogP contribution in [0.4, 0.5) is 0 Å². The van der Waals surface area contributed by atoms with Crippen molar-refractivity contribution in [2.45, 2.75) is 39.3 Å². The molecule has 1 aromatic carbocycles. The summed E-state index contributed by atoms with van der Waals surface area (Å²) < 4.78 is 11.1. The number of fused-ring (bicyclic) bond motifs is 1. The van der Waals surface area contributed by atoms with Gasteiger partial charge in [0.05, 0.1) is 17.2 Å². The Hall–Kier alpha value is -2.67. The van der Waals surface area contributed by atoms with Gasteiger partial charge in [-0.15, -0.1) is 10.2 Å². The first-order valence-corrected chi connectivity index (χ1v) is 8.71. The summed E-state index contributed by atoms with van der Waals surface area (Å²) >= 11 is 0. The zero-order valence-electron chi connectivity index (χ0n) is 15.4. The van der Waals surface area contributed by atoms with Gasteiger partial charge in [0.25, 0.3) is 5.91 Å². The fourth-order valence-electron chi connectivity index (χ4n) is 3.69. The average molecular weight is 354 g/mol. The molecule has 0 spiro atoms. The maximum atomic E-state index is 13.4. The van der Waals surface area contributed by atoms with E-state index >= 15 is 0 Å². The molecule has 7 nitrogen and oxygen atoms in total. The SMILES string of the molecule is CO[C@H]1C[C@H](c2nnc(C)o2)N(C(=O)c2cccc3c(C)c(C)[nH]c23)C1. The first-order chi connectivity index (χ1) is 12.5. The van der Waals surface area contributed by atoms with Crippen molar-refractivity contribution < 1.29 is 13.9 Å². The fraction of sp³-hybridized carbons (Fsp3) is 0.421. The standard InChI is InChI=1S/C19H22N4O3/c1-10-11(2)20-17-14(10)6-5-7-15(17)19(24)23-9-13(25-4)8-16(23)18-22-21-12(3)26-18/h5-7,13,16,20H,8-9H2,1-4H3/t13-,16+/m0/s1. The van der Waals surface area contributed by atoms with Gasteiger partial charge in [-0.1, -0.05) is 12.1 Å². The molecule has 1 aliphatic rings. The first-order valence-electron chi connectivity index (χ1n) is 8.71. The number of benzene rings is 1. The molecule has 0 unspecified atom stereocenters. The summed E-state index contributed by atoms with van der Waals surface area (Å²) in [5, 5.41) is 9.11. The van der Waals surface area contributed by atoms with Gasteiger partial charge in [0.2, 0.25) is 11.8 Å². The molecule has 1 fully saturated rings. The van der Waals surface area contributed by atoms with Crippen LogP contribution in [0, 0.1) is 20.8 Å². The van der Waals surface area contributed by atoms with E-state index in [2.05, 4.69) is 22.1 Å². The highest BCUT2D eigenvalue weighted by Crippen LogP contribution is 2.35. The van der Waals surface area contributed by atoms with Crippen LogP contribution in [-0.2, 0) is 4.74 Å². The molecule has 7 heteroatoms. The Morgan fingerprint density at radius 2 is 2.12 bits per heavy atom. The predicted molar refractivity (Wildman–Crippen MR) is 96.0 cm³/mol. The van der Waals surface area contributed by atoms with Crippen LogP contribution in [0.15, 0.2) is 22.6 Å². The molecule has 26 heavy (non-hydrogen) atoms. The number of nitrogens with one attached hydrogen (secondary N) is 1. The Labute approximate surface area is 151 Å². The molecule has 136 valence electrons. The zero-order valence-corrected chi connectivity index (χ0v) is 15.4. The van der Waals surface area contributed by atoms with E-state index < -0.39 is 0 Å². The number of carbonyl (C=O) groups excluding carboxylic acids is 1. The number of H-pyrrole nitrogens is 1. The van der Waals surface area contributed by atoms with Crippen molar-refractivity contribution >= 4 is 16.8 Å². The monoisotopic (exact) mass is 354 g/mol. The summed E-state index contributed by atoms with van der Waals surface area (Å²) in [5.74, 6) is 0.893. The molecule has 0 aliphatic carbocycles. The van der Waals surface area contributed by atoms with Crippen LogP contribution in [0.25, 0.3) is 10.9 Å². The maximum Gasteiger partial charge on any atom is 0.256 e. The molecule has 3 heterocycles. The van der Waals surface area contributed by atoms with Crippen LogP contribution < -0.4 is 0 Å². The third-order valence-electron chi connectivity index (χ3n) is 5.26. The quantitative estimate of drug-likeness (QED) is 0.781. The Bertz CT molecular complexity index is 974. The Morgan fingerprint density at radius 3 is 2.81 bits per heavy atom. The molecule has 1 saturated heterocycles. The number of rotatable bonds is 3. The molecule has 1 amide bonds. The summed E-state index contributed by atoms with van der Waals surface area (Å²) in [7, 11) is 1.66. The number of nitrogens with zero attached hydrogens (tertiary/aromatic N) is 3. The molecule has 4 rings (SSSR count). The number of methoxy groups -OCH3 is 1. The van der Waals surface area contributed by atoms with Crippen molar-refractivity contribution in [2.75, 3.05) is 13.7 Å². The van der Waals surface area contributed by atoms with E-state index in [9.17, 15) is 4.79 Å². The van der Waals surface area contributed by atoms with E-state index in [0.717, 1.165) is 22.2 Å². The van der Waals surface area contributed by atoms with Crippen molar-refractivity contribution in [3.05, 3.63) is 46.8 Å². The van der Waals surface area contributed by atoms with Gasteiger partial charge < -0.3 is 19.0 Å². The summed E-state index contributed by atoms with van der Waals surface area (Å²) in [6.07, 6.45) is 0.588. The molecule has 1 N–H and O–H groups in total. The number of likely N-dealkylation sites (tertiary alicyclic amines) is 1. The van der Waals surface area contributed by atoms with Gasteiger partial charge in [0.15, 0.2) is 0 Å². The van der Waals surface area contributed by atoms with E-state index in [1.807, 2.05) is 25.1 Å².